The third-order valence-corrected chi connectivity index (χ3v) is 3.96. The number of hydrogen-bond donors (Lipinski definition) is 2. The summed E-state index contributed by atoms with van der Waals surface area (Å²) in [6, 6.07) is 9.97. The molecule has 6 heteroatoms. The van der Waals surface area contributed by atoms with E-state index in [-0.39, 0.29) is 5.91 Å². The topological polar surface area (TPSA) is 75.6 Å². The second-order valence-corrected chi connectivity index (χ2v) is 5.68. The molecule has 3 aromatic rings. The zero-order valence-corrected chi connectivity index (χ0v) is 12.6. The molecule has 0 saturated carbocycles. The first-order valence-electron chi connectivity index (χ1n) is 7.74. The average molecular weight is 307 g/mol. The van der Waals surface area contributed by atoms with Gasteiger partial charge in [0, 0.05) is 24.9 Å². The number of hydrogen-bond acceptors (Lipinski definition) is 3. The number of amides is 1. The molecule has 3 heterocycles. The number of imidazole rings is 1. The van der Waals surface area contributed by atoms with Crippen LogP contribution in [0.3, 0.4) is 0 Å². The Labute approximate surface area is 133 Å². The molecule has 0 saturated heterocycles. The van der Waals surface area contributed by atoms with Gasteiger partial charge >= 0.3 is 0 Å². The number of aryl methyl sites for hydroxylation is 1. The average Bonchev–Trinajstić information content (AvgIpc) is 3.16. The molecular weight excluding hydrogens is 290 g/mol. The van der Waals surface area contributed by atoms with E-state index >= 15 is 0 Å². The molecule has 1 aliphatic rings. The fraction of sp³-hybridized carbons (Fsp3) is 0.235. The SMILES string of the molecule is O=C1NCCCc2[nH]c(Cc3cnn(-c4ccccc4)c3)nc21. The summed E-state index contributed by atoms with van der Waals surface area (Å²) in [5.41, 5.74) is 3.55. The molecule has 1 amide bonds. The van der Waals surface area contributed by atoms with Crippen LogP contribution in [-0.4, -0.2) is 32.2 Å². The predicted octanol–water partition coefficient (Wildman–Crippen LogP) is 1.86. The van der Waals surface area contributed by atoms with Gasteiger partial charge in [0.05, 0.1) is 11.9 Å². The number of nitrogens with one attached hydrogen (secondary N) is 2. The first-order chi connectivity index (χ1) is 11.3. The summed E-state index contributed by atoms with van der Waals surface area (Å²) in [7, 11) is 0. The summed E-state index contributed by atoms with van der Waals surface area (Å²) in [4.78, 5) is 19.7. The Morgan fingerprint density at radius 2 is 2.09 bits per heavy atom. The van der Waals surface area contributed by atoms with Gasteiger partial charge in [0.2, 0.25) is 0 Å². The Morgan fingerprint density at radius 1 is 1.22 bits per heavy atom. The van der Waals surface area contributed by atoms with E-state index in [1.165, 1.54) is 0 Å². The van der Waals surface area contributed by atoms with Crippen molar-refractivity contribution in [1.29, 1.82) is 0 Å². The van der Waals surface area contributed by atoms with Crippen LogP contribution < -0.4 is 5.32 Å². The first kappa shape index (κ1) is 13.8. The molecule has 2 aromatic heterocycles. The summed E-state index contributed by atoms with van der Waals surface area (Å²) in [5.74, 6) is 0.722. The van der Waals surface area contributed by atoms with Crippen molar-refractivity contribution in [3.8, 4) is 5.69 Å². The lowest BCUT2D eigenvalue weighted by Gasteiger charge is -1.99. The van der Waals surface area contributed by atoms with Gasteiger partial charge in [-0.1, -0.05) is 18.2 Å². The van der Waals surface area contributed by atoms with E-state index in [2.05, 4.69) is 20.4 Å². The van der Waals surface area contributed by atoms with Gasteiger partial charge in [-0.3, -0.25) is 4.79 Å². The molecular formula is C17H17N5O. The number of H-pyrrole nitrogens is 1. The monoisotopic (exact) mass is 307 g/mol. The Morgan fingerprint density at radius 3 is 2.96 bits per heavy atom. The largest absolute Gasteiger partial charge is 0.351 e. The van der Waals surface area contributed by atoms with Gasteiger partial charge < -0.3 is 10.3 Å². The van der Waals surface area contributed by atoms with Gasteiger partial charge in [-0.25, -0.2) is 9.67 Å². The minimum absolute atomic E-state index is 0.0834. The number of aromatic nitrogens is 4. The quantitative estimate of drug-likeness (QED) is 0.775. The number of para-hydroxylation sites is 1. The molecule has 23 heavy (non-hydrogen) atoms. The minimum atomic E-state index is -0.0834. The molecule has 0 bridgehead atoms. The molecule has 0 radical (unpaired) electrons. The number of benzene rings is 1. The maximum absolute atomic E-state index is 12.0. The van der Waals surface area contributed by atoms with Gasteiger partial charge in [0.15, 0.2) is 0 Å². The van der Waals surface area contributed by atoms with Crippen LogP contribution in [0, 0.1) is 0 Å². The number of aromatic amines is 1. The summed E-state index contributed by atoms with van der Waals surface area (Å²) in [5, 5.41) is 7.26. The molecule has 0 aliphatic carbocycles. The maximum atomic E-state index is 12.0. The maximum Gasteiger partial charge on any atom is 0.271 e. The number of rotatable bonds is 3. The molecule has 0 spiro atoms. The normalized spacial score (nSPS) is 14.2. The Balaban J connectivity index is 1.56. The molecule has 6 nitrogen and oxygen atoms in total. The van der Waals surface area contributed by atoms with Crippen molar-refractivity contribution in [3.63, 3.8) is 0 Å². The molecule has 4 rings (SSSR count). The van der Waals surface area contributed by atoms with Gasteiger partial charge in [-0.15, -0.1) is 0 Å². The molecule has 1 aromatic carbocycles. The summed E-state index contributed by atoms with van der Waals surface area (Å²) in [6.07, 6.45) is 6.24. The van der Waals surface area contributed by atoms with Gasteiger partial charge in [-0.05, 0) is 30.5 Å². The number of nitrogens with zero attached hydrogens (tertiary/aromatic N) is 3. The van der Waals surface area contributed by atoms with E-state index < -0.39 is 0 Å². The van der Waals surface area contributed by atoms with Crippen LogP contribution in [0.1, 0.15) is 34.0 Å². The van der Waals surface area contributed by atoms with E-state index in [1.54, 1.807) is 0 Å². The van der Waals surface area contributed by atoms with E-state index in [1.807, 2.05) is 47.4 Å². The highest BCUT2D eigenvalue weighted by atomic mass is 16.1. The van der Waals surface area contributed by atoms with Gasteiger partial charge in [-0.2, -0.15) is 5.10 Å². The lowest BCUT2D eigenvalue weighted by atomic mass is 10.2. The van der Waals surface area contributed by atoms with Crippen molar-refractivity contribution >= 4 is 5.91 Å². The predicted molar refractivity (Wildman–Crippen MR) is 85.6 cm³/mol. The van der Waals surface area contributed by atoms with Crippen molar-refractivity contribution in [1.82, 2.24) is 25.1 Å². The van der Waals surface area contributed by atoms with E-state index in [0.717, 1.165) is 35.6 Å². The highest BCUT2D eigenvalue weighted by Crippen LogP contribution is 2.15. The first-order valence-corrected chi connectivity index (χ1v) is 7.74. The van der Waals surface area contributed by atoms with Crippen LogP contribution in [0.25, 0.3) is 5.69 Å². The molecule has 1 aliphatic heterocycles. The highest BCUT2D eigenvalue weighted by molar-refractivity contribution is 5.93. The smallest absolute Gasteiger partial charge is 0.271 e. The molecule has 0 unspecified atom stereocenters. The lowest BCUT2D eigenvalue weighted by molar-refractivity contribution is 0.0951. The van der Waals surface area contributed by atoms with Crippen LogP contribution in [0.2, 0.25) is 0 Å². The molecule has 116 valence electrons. The summed E-state index contributed by atoms with van der Waals surface area (Å²) >= 11 is 0. The highest BCUT2D eigenvalue weighted by Gasteiger charge is 2.20. The van der Waals surface area contributed by atoms with Crippen LogP contribution in [0.5, 0.6) is 0 Å². The van der Waals surface area contributed by atoms with Gasteiger partial charge in [0.25, 0.3) is 5.91 Å². The number of carbonyl (C=O) groups is 1. The molecule has 0 atom stereocenters. The zero-order valence-electron chi connectivity index (χ0n) is 12.6. The van der Waals surface area contributed by atoms with E-state index in [0.29, 0.717) is 18.7 Å². The van der Waals surface area contributed by atoms with E-state index in [9.17, 15) is 4.79 Å². The standard InChI is InChI=1S/C17H17N5O/c23-17-16-14(7-4-8-18-17)20-15(21-16)9-12-10-19-22(11-12)13-5-2-1-3-6-13/h1-3,5-6,10-11H,4,7-9H2,(H,18,23)(H,20,21). The minimum Gasteiger partial charge on any atom is -0.351 e. The second-order valence-electron chi connectivity index (χ2n) is 5.68. The van der Waals surface area contributed by atoms with Crippen LogP contribution in [-0.2, 0) is 12.8 Å². The third-order valence-electron chi connectivity index (χ3n) is 3.96. The Kier molecular flexibility index (Phi) is 3.42. The van der Waals surface area contributed by atoms with Gasteiger partial charge in [0.1, 0.15) is 11.5 Å². The van der Waals surface area contributed by atoms with E-state index in [4.69, 9.17) is 0 Å². The third kappa shape index (κ3) is 2.75. The number of carbonyl (C=O) groups excluding carboxylic acids is 1. The zero-order chi connectivity index (χ0) is 15.6. The fourth-order valence-electron chi connectivity index (χ4n) is 2.83. The van der Waals surface area contributed by atoms with Crippen molar-refractivity contribution in [3.05, 3.63) is 65.5 Å². The van der Waals surface area contributed by atoms with Crippen molar-refractivity contribution < 1.29 is 4.79 Å². The second kappa shape index (κ2) is 5.72. The van der Waals surface area contributed by atoms with Crippen molar-refractivity contribution in [2.24, 2.45) is 0 Å². The fourth-order valence-corrected chi connectivity index (χ4v) is 2.83. The number of fused-ring (bicyclic) bond motifs is 1. The molecule has 2 N–H and O–H groups in total. The van der Waals surface area contributed by atoms with Crippen LogP contribution in [0.15, 0.2) is 42.7 Å². The Bertz CT molecular complexity index is 834. The summed E-state index contributed by atoms with van der Waals surface area (Å²) < 4.78 is 1.84. The summed E-state index contributed by atoms with van der Waals surface area (Å²) in [6.45, 7) is 0.711. The van der Waals surface area contributed by atoms with Crippen LogP contribution in [0.4, 0.5) is 0 Å². The van der Waals surface area contributed by atoms with Crippen molar-refractivity contribution in [2.75, 3.05) is 6.54 Å². The molecule has 0 fully saturated rings. The Hall–Kier alpha value is -2.89. The van der Waals surface area contributed by atoms with Crippen molar-refractivity contribution in [2.45, 2.75) is 19.3 Å². The van der Waals surface area contributed by atoms with Crippen LogP contribution >= 0.6 is 0 Å². The lowest BCUT2D eigenvalue weighted by Crippen LogP contribution is -2.23.